The topological polar surface area (TPSA) is 78.0 Å². The molecule has 0 spiro atoms. The second-order valence-electron chi connectivity index (χ2n) is 4.72. The predicted molar refractivity (Wildman–Crippen MR) is 86.4 cm³/mol. The van der Waals surface area contributed by atoms with Crippen molar-refractivity contribution in [3.05, 3.63) is 73.2 Å². The van der Waals surface area contributed by atoms with Crippen molar-refractivity contribution in [1.29, 1.82) is 0 Å². The smallest absolute Gasteiger partial charge is 0.268 e. The first-order chi connectivity index (χ1) is 10.5. The van der Waals surface area contributed by atoms with E-state index >= 15 is 0 Å². The van der Waals surface area contributed by atoms with Gasteiger partial charge in [0.05, 0.1) is 26.0 Å². The number of nitrogens with zero attached hydrogens (tertiary/aromatic N) is 3. The van der Waals surface area contributed by atoms with E-state index in [9.17, 15) is 14.9 Å². The summed E-state index contributed by atoms with van der Waals surface area (Å²) in [6.45, 7) is 1.72. The minimum absolute atomic E-state index is 0.151. The number of aromatic nitrogens is 2. The van der Waals surface area contributed by atoms with Crippen molar-refractivity contribution in [3.8, 4) is 5.69 Å². The largest absolute Gasteiger partial charge is 0.271 e. The van der Waals surface area contributed by atoms with Gasteiger partial charge in [0.2, 0.25) is 0 Å². The van der Waals surface area contributed by atoms with E-state index < -0.39 is 4.92 Å². The Morgan fingerprint density at radius 1 is 1.23 bits per heavy atom. The van der Waals surface area contributed by atoms with Crippen LogP contribution in [0.4, 0.5) is 5.69 Å². The Hall–Kier alpha value is -2.54. The SMILES string of the molecule is Cc1nc2c(Br)cc([N+](=O)[O-])cc2c(=O)n1-c1ccccc1. The molecular formula is C15H10BrN3O3. The molecule has 6 nitrogen and oxygen atoms in total. The van der Waals surface area contributed by atoms with Gasteiger partial charge in [0.15, 0.2) is 0 Å². The maximum atomic E-state index is 12.8. The number of benzene rings is 2. The minimum atomic E-state index is -0.531. The molecule has 0 saturated heterocycles. The highest BCUT2D eigenvalue weighted by molar-refractivity contribution is 9.10. The molecule has 0 amide bonds. The lowest BCUT2D eigenvalue weighted by molar-refractivity contribution is -0.384. The van der Waals surface area contributed by atoms with E-state index in [1.54, 1.807) is 19.1 Å². The first-order valence-electron chi connectivity index (χ1n) is 6.42. The molecular weight excluding hydrogens is 350 g/mol. The number of hydrogen-bond donors (Lipinski definition) is 0. The Bertz CT molecular complexity index is 952. The molecule has 0 N–H and O–H groups in total. The van der Waals surface area contributed by atoms with E-state index in [-0.39, 0.29) is 16.6 Å². The van der Waals surface area contributed by atoms with Crippen molar-refractivity contribution in [2.24, 2.45) is 0 Å². The number of fused-ring (bicyclic) bond motifs is 1. The molecule has 2 aromatic carbocycles. The predicted octanol–water partition coefficient (Wildman–Crippen LogP) is 3.36. The van der Waals surface area contributed by atoms with Crippen molar-refractivity contribution in [2.45, 2.75) is 6.92 Å². The first-order valence-corrected chi connectivity index (χ1v) is 7.21. The van der Waals surface area contributed by atoms with Crippen LogP contribution in [0.5, 0.6) is 0 Å². The lowest BCUT2D eigenvalue weighted by Gasteiger charge is -2.11. The van der Waals surface area contributed by atoms with Crippen molar-refractivity contribution in [3.63, 3.8) is 0 Å². The summed E-state index contributed by atoms with van der Waals surface area (Å²) in [6.07, 6.45) is 0. The van der Waals surface area contributed by atoms with Gasteiger partial charge in [-0.1, -0.05) is 18.2 Å². The van der Waals surface area contributed by atoms with E-state index in [2.05, 4.69) is 20.9 Å². The van der Waals surface area contributed by atoms with E-state index in [0.29, 0.717) is 21.5 Å². The van der Waals surface area contributed by atoms with Gasteiger partial charge in [-0.15, -0.1) is 0 Å². The van der Waals surface area contributed by atoms with Crippen LogP contribution in [0, 0.1) is 17.0 Å². The van der Waals surface area contributed by atoms with Gasteiger partial charge >= 0.3 is 0 Å². The third-order valence-corrected chi connectivity index (χ3v) is 3.91. The molecule has 0 bridgehead atoms. The highest BCUT2D eigenvalue weighted by Gasteiger charge is 2.17. The summed E-state index contributed by atoms with van der Waals surface area (Å²) in [4.78, 5) is 27.6. The molecule has 1 heterocycles. The maximum absolute atomic E-state index is 12.8. The van der Waals surface area contributed by atoms with Gasteiger partial charge in [0.25, 0.3) is 11.2 Å². The fourth-order valence-corrected chi connectivity index (χ4v) is 2.86. The van der Waals surface area contributed by atoms with Gasteiger partial charge in [0, 0.05) is 12.1 Å². The van der Waals surface area contributed by atoms with Gasteiger partial charge in [-0.05, 0) is 35.0 Å². The van der Waals surface area contributed by atoms with Crippen LogP contribution in [0.2, 0.25) is 0 Å². The molecule has 22 heavy (non-hydrogen) atoms. The van der Waals surface area contributed by atoms with Gasteiger partial charge in [-0.2, -0.15) is 0 Å². The van der Waals surface area contributed by atoms with Gasteiger partial charge in [-0.3, -0.25) is 19.5 Å². The van der Waals surface area contributed by atoms with Crippen LogP contribution >= 0.6 is 15.9 Å². The average Bonchev–Trinajstić information content (AvgIpc) is 2.49. The Balaban J connectivity index is 2.42. The summed E-state index contributed by atoms with van der Waals surface area (Å²) in [5.74, 6) is 0.512. The van der Waals surface area contributed by atoms with E-state index in [0.717, 1.165) is 0 Å². The highest BCUT2D eigenvalue weighted by atomic mass is 79.9. The Kier molecular flexibility index (Phi) is 3.50. The normalized spacial score (nSPS) is 10.8. The molecule has 0 radical (unpaired) electrons. The van der Waals surface area contributed by atoms with Crippen molar-refractivity contribution in [2.75, 3.05) is 0 Å². The van der Waals surface area contributed by atoms with Crippen LogP contribution in [-0.2, 0) is 0 Å². The Morgan fingerprint density at radius 3 is 2.55 bits per heavy atom. The van der Waals surface area contributed by atoms with Crippen LogP contribution in [0.1, 0.15) is 5.82 Å². The molecule has 110 valence electrons. The summed E-state index contributed by atoms with van der Waals surface area (Å²) in [6, 6.07) is 11.7. The van der Waals surface area contributed by atoms with E-state index in [4.69, 9.17) is 0 Å². The number of aryl methyl sites for hydroxylation is 1. The van der Waals surface area contributed by atoms with Crippen LogP contribution in [0.25, 0.3) is 16.6 Å². The quantitative estimate of drug-likeness (QED) is 0.519. The summed E-state index contributed by atoms with van der Waals surface area (Å²) in [5, 5.41) is 11.2. The lowest BCUT2D eigenvalue weighted by Crippen LogP contribution is -2.22. The third kappa shape index (κ3) is 2.29. The standard InChI is InChI=1S/C15H10BrN3O3/c1-9-17-14-12(7-11(19(21)22)8-13(14)16)15(20)18(9)10-5-3-2-4-6-10/h2-8H,1H3. The average molecular weight is 360 g/mol. The number of hydrogen-bond acceptors (Lipinski definition) is 4. The molecule has 0 atom stereocenters. The first kappa shape index (κ1) is 14.4. The monoisotopic (exact) mass is 359 g/mol. The summed E-state index contributed by atoms with van der Waals surface area (Å²) in [5.41, 5.74) is 0.599. The van der Waals surface area contributed by atoms with Crippen LogP contribution in [0.15, 0.2) is 51.7 Å². The molecule has 3 aromatic rings. The molecule has 0 fully saturated rings. The number of nitro groups is 1. The van der Waals surface area contributed by atoms with Gasteiger partial charge in [-0.25, -0.2) is 4.98 Å². The van der Waals surface area contributed by atoms with Gasteiger partial charge in [0.1, 0.15) is 5.82 Å². The lowest BCUT2D eigenvalue weighted by atomic mass is 10.2. The van der Waals surface area contributed by atoms with E-state index in [1.807, 2.05) is 18.2 Å². The summed E-state index contributed by atoms with van der Waals surface area (Å²) >= 11 is 3.25. The highest BCUT2D eigenvalue weighted by Crippen LogP contribution is 2.27. The van der Waals surface area contributed by atoms with Crippen molar-refractivity contribution in [1.82, 2.24) is 9.55 Å². The van der Waals surface area contributed by atoms with Crippen molar-refractivity contribution < 1.29 is 4.92 Å². The molecule has 7 heteroatoms. The van der Waals surface area contributed by atoms with E-state index in [1.165, 1.54) is 16.7 Å². The molecule has 0 unspecified atom stereocenters. The molecule has 0 saturated carbocycles. The summed E-state index contributed by atoms with van der Waals surface area (Å²) < 4.78 is 1.87. The fraction of sp³-hybridized carbons (Fsp3) is 0.0667. The van der Waals surface area contributed by atoms with Crippen LogP contribution in [0.3, 0.4) is 0 Å². The Morgan fingerprint density at radius 2 is 1.91 bits per heavy atom. The summed E-state index contributed by atoms with van der Waals surface area (Å²) in [7, 11) is 0. The second-order valence-corrected chi connectivity index (χ2v) is 5.57. The number of halogens is 1. The number of para-hydroxylation sites is 1. The maximum Gasteiger partial charge on any atom is 0.271 e. The van der Waals surface area contributed by atoms with Crippen LogP contribution < -0.4 is 5.56 Å². The zero-order valence-electron chi connectivity index (χ0n) is 11.5. The number of non-ortho nitro benzene ring substituents is 1. The zero-order chi connectivity index (χ0) is 15.9. The minimum Gasteiger partial charge on any atom is -0.268 e. The van der Waals surface area contributed by atoms with Crippen LogP contribution in [-0.4, -0.2) is 14.5 Å². The molecule has 1 aromatic heterocycles. The van der Waals surface area contributed by atoms with Gasteiger partial charge < -0.3 is 0 Å². The molecule has 0 aliphatic heterocycles. The van der Waals surface area contributed by atoms with Crippen molar-refractivity contribution >= 4 is 32.5 Å². The molecule has 3 rings (SSSR count). The molecule has 0 aliphatic rings. The zero-order valence-corrected chi connectivity index (χ0v) is 13.1. The number of nitro benzene ring substituents is 1. The molecule has 0 aliphatic carbocycles. The second kappa shape index (κ2) is 5.34. The number of rotatable bonds is 2. The Labute approximate surface area is 133 Å². The third-order valence-electron chi connectivity index (χ3n) is 3.30. The fourth-order valence-electron chi connectivity index (χ4n) is 2.33.